The largest absolute Gasteiger partial charge is 0.508 e. The Morgan fingerprint density at radius 1 is 0.793 bits per heavy atom. The molecule has 0 aliphatic heterocycles. The average molecular weight is 494 g/mol. The smallest absolute Gasteiger partial charge is 0.283 e. The van der Waals surface area contributed by atoms with Crippen LogP contribution in [0.15, 0.2) is 54.6 Å². The van der Waals surface area contributed by atoms with Gasteiger partial charge in [0.1, 0.15) is 11.5 Å². The summed E-state index contributed by atoms with van der Waals surface area (Å²) < 4.78 is 34.0. The molecule has 29 heavy (non-hydrogen) atoms. The Morgan fingerprint density at radius 3 is 2.03 bits per heavy atom. The van der Waals surface area contributed by atoms with E-state index >= 15 is 0 Å². The highest BCUT2D eigenvalue weighted by Crippen LogP contribution is 2.53. The Kier molecular flexibility index (Phi) is 5.98. The Balaban J connectivity index is 2.68. The van der Waals surface area contributed by atoms with Crippen molar-refractivity contribution in [3.05, 3.63) is 91.4 Å². The molecule has 1 atom stereocenters. The number of rotatable bonds is 4. The lowest BCUT2D eigenvalue weighted by molar-refractivity contribution is 0.439. The molecule has 10 heteroatoms. The summed E-state index contributed by atoms with van der Waals surface area (Å²) in [7, 11) is -5.16. The van der Waals surface area contributed by atoms with Crippen molar-refractivity contribution in [3.63, 3.8) is 0 Å². The molecule has 0 spiro atoms. The van der Waals surface area contributed by atoms with Gasteiger partial charge < -0.3 is 10.2 Å². The average Bonchev–Trinajstić information content (AvgIpc) is 2.63. The summed E-state index contributed by atoms with van der Waals surface area (Å²) in [5, 5.41) is 20.3. The second kappa shape index (κ2) is 7.87. The van der Waals surface area contributed by atoms with Crippen molar-refractivity contribution in [2.45, 2.75) is 4.75 Å². The van der Waals surface area contributed by atoms with E-state index in [1.54, 1.807) is 0 Å². The first-order valence-corrected chi connectivity index (χ1v) is 10.8. The van der Waals surface area contributed by atoms with Gasteiger partial charge in [0.2, 0.25) is 0 Å². The van der Waals surface area contributed by atoms with Gasteiger partial charge in [0.25, 0.3) is 10.1 Å². The number of phenols is 2. The zero-order valence-electron chi connectivity index (χ0n) is 14.3. The Morgan fingerprint density at radius 2 is 1.41 bits per heavy atom. The van der Waals surface area contributed by atoms with Crippen LogP contribution in [0.2, 0.25) is 20.1 Å². The Bertz CT molecular complexity index is 1210. The summed E-state index contributed by atoms with van der Waals surface area (Å²) in [6.45, 7) is 0. The molecule has 0 radical (unpaired) electrons. The van der Waals surface area contributed by atoms with Gasteiger partial charge in [-0.1, -0.05) is 58.5 Å². The molecule has 3 aromatic carbocycles. The van der Waals surface area contributed by atoms with Crippen LogP contribution in [0.25, 0.3) is 0 Å². The quantitative estimate of drug-likeness (QED) is 0.311. The summed E-state index contributed by atoms with van der Waals surface area (Å²) >= 11 is 24.7. The van der Waals surface area contributed by atoms with Gasteiger partial charge in [0.15, 0.2) is 4.75 Å². The molecule has 0 fully saturated rings. The van der Waals surface area contributed by atoms with Crippen molar-refractivity contribution >= 4 is 56.5 Å². The van der Waals surface area contributed by atoms with Crippen LogP contribution in [0, 0.1) is 0 Å². The minimum absolute atomic E-state index is 0.0918. The van der Waals surface area contributed by atoms with E-state index in [-0.39, 0.29) is 37.0 Å². The van der Waals surface area contributed by atoms with Crippen LogP contribution in [0.1, 0.15) is 16.7 Å². The minimum atomic E-state index is -5.16. The first kappa shape index (κ1) is 22.0. The third-order valence-corrected chi connectivity index (χ3v) is 7.00. The van der Waals surface area contributed by atoms with E-state index in [2.05, 4.69) is 0 Å². The molecule has 0 aliphatic carbocycles. The zero-order valence-corrected chi connectivity index (χ0v) is 18.1. The fourth-order valence-electron chi connectivity index (χ4n) is 3.22. The van der Waals surface area contributed by atoms with Crippen molar-refractivity contribution in [1.29, 1.82) is 0 Å². The molecule has 3 rings (SSSR count). The lowest BCUT2D eigenvalue weighted by Gasteiger charge is -2.34. The van der Waals surface area contributed by atoms with Crippen molar-refractivity contribution in [2.75, 3.05) is 0 Å². The third-order valence-electron chi connectivity index (χ3n) is 4.38. The number of phenolic OH excluding ortho intramolecular Hbond substituents is 2. The van der Waals surface area contributed by atoms with Crippen LogP contribution in [-0.4, -0.2) is 23.2 Å². The molecule has 3 aromatic rings. The highest BCUT2D eigenvalue weighted by molar-refractivity contribution is 7.87. The summed E-state index contributed by atoms with van der Waals surface area (Å²) in [6, 6.07) is 11.6. The monoisotopic (exact) mass is 492 g/mol. The first-order chi connectivity index (χ1) is 13.5. The maximum Gasteiger partial charge on any atom is 0.283 e. The molecule has 0 heterocycles. The maximum absolute atomic E-state index is 13.0. The van der Waals surface area contributed by atoms with Crippen LogP contribution in [0.3, 0.4) is 0 Å². The molecule has 3 N–H and O–H groups in total. The summed E-state index contributed by atoms with van der Waals surface area (Å²) in [4.78, 5) is 0. The molecular weight excluding hydrogens is 482 g/mol. The van der Waals surface area contributed by atoms with Crippen molar-refractivity contribution in [2.24, 2.45) is 0 Å². The number of aromatic hydroxyl groups is 2. The predicted molar refractivity (Wildman–Crippen MR) is 114 cm³/mol. The predicted octanol–water partition coefficient (Wildman–Crippen LogP) is 5.89. The van der Waals surface area contributed by atoms with E-state index in [9.17, 15) is 23.2 Å². The fourth-order valence-corrected chi connectivity index (χ4v) is 5.55. The molecule has 0 saturated carbocycles. The SMILES string of the molecule is O=S(=O)(O)C(c1cccc(O)c1)(c1cc(Cl)ccc1Cl)c1c(Cl)ccc(Cl)c1O. The van der Waals surface area contributed by atoms with Gasteiger partial charge in [-0.25, -0.2) is 0 Å². The molecule has 0 aromatic heterocycles. The van der Waals surface area contributed by atoms with Gasteiger partial charge in [-0.05, 0) is 48.0 Å². The number of halogens is 4. The molecular formula is C19H12Cl4O5S. The zero-order chi connectivity index (χ0) is 21.6. The summed E-state index contributed by atoms with van der Waals surface area (Å²) in [5.41, 5.74) is -0.785. The lowest BCUT2D eigenvalue weighted by Crippen LogP contribution is -2.39. The van der Waals surface area contributed by atoms with Gasteiger partial charge in [-0.3, -0.25) is 4.55 Å². The highest BCUT2D eigenvalue weighted by atomic mass is 35.5. The van der Waals surface area contributed by atoms with Crippen LogP contribution in [0.5, 0.6) is 11.5 Å². The minimum Gasteiger partial charge on any atom is -0.508 e. The van der Waals surface area contributed by atoms with Crippen molar-refractivity contribution in [3.8, 4) is 11.5 Å². The van der Waals surface area contributed by atoms with Crippen molar-refractivity contribution in [1.82, 2.24) is 0 Å². The number of benzene rings is 3. The standard InChI is InChI=1S/C19H12Cl4O5S/c20-11-4-5-14(21)13(9-11)19(29(26,27)28,10-2-1-3-12(24)8-10)17-15(22)6-7-16(23)18(17)25/h1-9,24-25H,(H,26,27,28). The lowest BCUT2D eigenvalue weighted by atomic mass is 9.83. The number of hydrogen-bond donors (Lipinski definition) is 3. The van der Waals surface area contributed by atoms with E-state index < -0.39 is 26.2 Å². The van der Waals surface area contributed by atoms with Gasteiger partial charge in [-0.15, -0.1) is 0 Å². The van der Waals surface area contributed by atoms with Gasteiger partial charge in [0.05, 0.1) is 5.02 Å². The van der Waals surface area contributed by atoms with Crippen LogP contribution in [-0.2, 0) is 14.9 Å². The molecule has 152 valence electrons. The second-order valence-corrected chi connectivity index (χ2v) is 9.30. The number of hydrogen-bond acceptors (Lipinski definition) is 4. The highest BCUT2D eigenvalue weighted by Gasteiger charge is 2.53. The topological polar surface area (TPSA) is 94.8 Å². The van der Waals surface area contributed by atoms with E-state index in [0.717, 1.165) is 6.07 Å². The van der Waals surface area contributed by atoms with E-state index in [0.29, 0.717) is 0 Å². The third kappa shape index (κ3) is 3.65. The van der Waals surface area contributed by atoms with Crippen LogP contribution in [0.4, 0.5) is 0 Å². The van der Waals surface area contributed by atoms with Gasteiger partial charge in [-0.2, -0.15) is 8.42 Å². The molecule has 1 unspecified atom stereocenters. The van der Waals surface area contributed by atoms with Crippen LogP contribution >= 0.6 is 46.4 Å². The first-order valence-electron chi connectivity index (χ1n) is 7.89. The second-order valence-electron chi connectivity index (χ2n) is 6.08. The Hall–Kier alpha value is -1.67. The molecule has 0 saturated heterocycles. The Labute approximate surface area is 186 Å². The maximum atomic E-state index is 13.0. The van der Waals surface area contributed by atoms with E-state index in [1.165, 1.54) is 48.5 Å². The molecule has 0 aliphatic rings. The molecule has 5 nitrogen and oxygen atoms in total. The molecule has 0 bridgehead atoms. The summed E-state index contributed by atoms with van der Waals surface area (Å²) in [5.74, 6) is -0.984. The van der Waals surface area contributed by atoms with E-state index in [1.807, 2.05) is 0 Å². The fraction of sp³-hybridized carbons (Fsp3) is 0.0526. The van der Waals surface area contributed by atoms with E-state index in [4.69, 9.17) is 46.4 Å². The van der Waals surface area contributed by atoms with Gasteiger partial charge in [0, 0.05) is 26.2 Å². The van der Waals surface area contributed by atoms with Crippen LogP contribution < -0.4 is 0 Å². The van der Waals surface area contributed by atoms with Gasteiger partial charge >= 0.3 is 0 Å². The van der Waals surface area contributed by atoms with Crippen molar-refractivity contribution < 1.29 is 23.2 Å². The summed E-state index contributed by atoms with van der Waals surface area (Å²) in [6.07, 6.45) is 0. The molecule has 0 amide bonds. The normalized spacial score (nSPS) is 13.8.